The molecule has 7 unspecified atom stereocenters. The van der Waals surface area contributed by atoms with Gasteiger partial charge in [-0.3, -0.25) is 9.59 Å². The SMILES string of the molecule is CC(=O)OC1(C)CCC=C(C)CC2OC1C1C(C(C)C)CCC(C)(OC(C)=O)C21. The molecule has 1 saturated carbocycles. The Kier molecular flexibility index (Phi) is 6.20. The largest absolute Gasteiger partial charge is 0.459 e. The van der Waals surface area contributed by atoms with Gasteiger partial charge in [0.25, 0.3) is 0 Å². The molecule has 0 radical (unpaired) electrons. The van der Waals surface area contributed by atoms with E-state index in [2.05, 4.69) is 33.8 Å². The lowest BCUT2D eigenvalue weighted by atomic mass is 9.57. The molecule has 7 atom stereocenters. The second kappa shape index (κ2) is 8.05. The number of hydrogen-bond acceptors (Lipinski definition) is 5. The Morgan fingerprint density at radius 2 is 1.72 bits per heavy atom. The van der Waals surface area contributed by atoms with Gasteiger partial charge in [-0.1, -0.05) is 25.5 Å². The fourth-order valence-corrected chi connectivity index (χ4v) is 6.44. The molecular formula is C24H38O5. The van der Waals surface area contributed by atoms with Crippen molar-refractivity contribution in [3.63, 3.8) is 0 Å². The average molecular weight is 407 g/mol. The molecule has 0 N–H and O–H groups in total. The number of carbonyl (C=O) groups excluding carboxylic acids is 2. The molecule has 0 aromatic rings. The molecule has 164 valence electrons. The summed E-state index contributed by atoms with van der Waals surface area (Å²) >= 11 is 0. The van der Waals surface area contributed by atoms with Gasteiger partial charge >= 0.3 is 11.9 Å². The number of ether oxygens (including phenoxy) is 3. The maximum Gasteiger partial charge on any atom is 0.303 e. The van der Waals surface area contributed by atoms with Crippen molar-refractivity contribution in [1.82, 2.24) is 0 Å². The summed E-state index contributed by atoms with van der Waals surface area (Å²) in [6.07, 6.45) is 6.27. The number of allylic oxidation sites excluding steroid dienone is 1. The minimum atomic E-state index is -0.688. The number of fused-ring (bicyclic) bond motifs is 5. The van der Waals surface area contributed by atoms with Crippen LogP contribution in [0.3, 0.4) is 0 Å². The van der Waals surface area contributed by atoms with Crippen molar-refractivity contribution >= 4 is 11.9 Å². The Morgan fingerprint density at radius 1 is 1.10 bits per heavy atom. The minimum Gasteiger partial charge on any atom is -0.459 e. The van der Waals surface area contributed by atoms with Crippen LogP contribution in [0, 0.1) is 23.7 Å². The zero-order chi connectivity index (χ0) is 21.6. The summed E-state index contributed by atoms with van der Waals surface area (Å²) < 4.78 is 18.7. The first-order valence-corrected chi connectivity index (χ1v) is 11.2. The molecule has 5 nitrogen and oxygen atoms in total. The third kappa shape index (κ3) is 4.26. The summed E-state index contributed by atoms with van der Waals surface area (Å²) in [5.74, 6) is 0.698. The molecule has 2 fully saturated rings. The van der Waals surface area contributed by atoms with Crippen molar-refractivity contribution < 1.29 is 23.8 Å². The fraction of sp³-hybridized carbons (Fsp3) is 0.833. The topological polar surface area (TPSA) is 61.8 Å². The molecule has 0 spiro atoms. The Morgan fingerprint density at radius 3 is 2.31 bits per heavy atom. The first-order chi connectivity index (χ1) is 13.5. The second-order valence-corrected chi connectivity index (χ2v) is 10.3. The fourth-order valence-electron chi connectivity index (χ4n) is 6.44. The highest BCUT2D eigenvalue weighted by molar-refractivity contribution is 5.67. The highest BCUT2D eigenvalue weighted by Crippen LogP contribution is 2.57. The number of hydrogen-bond donors (Lipinski definition) is 0. The Hall–Kier alpha value is -1.36. The van der Waals surface area contributed by atoms with E-state index >= 15 is 0 Å². The third-order valence-corrected chi connectivity index (χ3v) is 7.53. The van der Waals surface area contributed by atoms with E-state index in [1.807, 2.05) is 6.92 Å². The van der Waals surface area contributed by atoms with Crippen LogP contribution in [0.15, 0.2) is 11.6 Å². The normalized spacial score (nSPS) is 42.2. The van der Waals surface area contributed by atoms with Crippen LogP contribution in [0.5, 0.6) is 0 Å². The third-order valence-electron chi connectivity index (χ3n) is 7.53. The molecule has 1 aliphatic carbocycles. The summed E-state index contributed by atoms with van der Waals surface area (Å²) in [4.78, 5) is 24.0. The van der Waals surface area contributed by atoms with Gasteiger partial charge < -0.3 is 14.2 Å². The average Bonchev–Trinajstić information content (AvgIpc) is 2.95. The van der Waals surface area contributed by atoms with Crippen LogP contribution in [0.4, 0.5) is 0 Å². The van der Waals surface area contributed by atoms with Crippen LogP contribution >= 0.6 is 0 Å². The molecule has 3 rings (SSSR count). The number of rotatable bonds is 3. The highest BCUT2D eigenvalue weighted by Gasteiger charge is 2.63. The van der Waals surface area contributed by atoms with Gasteiger partial charge in [-0.2, -0.15) is 0 Å². The lowest BCUT2D eigenvalue weighted by Gasteiger charge is -2.50. The predicted molar refractivity (Wildman–Crippen MR) is 111 cm³/mol. The van der Waals surface area contributed by atoms with E-state index in [0.29, 0.717) is 11.8 Å². The van der Waals surface area contributed by atoms with E-state index in [-0.39, 0.29) is 36.0 Å². The molecule has 2 heterocycles. The molecule has 0 aromatic heterocycles. The van der Waals surface area contributed by atoms with Gasteiger partial charge in [0, 0.05) is 25.7 Å². The van der Waals surface area contributed by atoms with Crippen molar-refractivity contribution in [3.8, 4) is 0 Å². The van der Waals surface area contributed by atoms with Gasteiger partial charge in [-0.05, 0) is 64.7 Å². The van der Waals surface area contributed by atoms with Gasteiger partial charge in [0.05, 0.1) is 6.10 Å². The van der Waals surface area contributed by atoms with E-state index < -0.39 is 11.2 Å². The minimum absolute atomic E-state index is 0.0415. The monoisotopic (exact) mass is 406 g/mol. The van der Waals surface area contributed by atoms with E-state index in [4.69, 9.17) is 14.2 Å². The van der Waals surface area contributed by atoms with Gasteiger partial charge in [0.1, 0.15) is 17.3 Å². The lowest BCUT2D eigenvalue weighted by Crippen LogP contribution is -2.56. The van der Waals surface area contributed by atoms with E-state index in [0.717, 1.165) is 32.1 Å². The zero-order valence-corrected chi connectivity index (χ0v) is 19.1. The second-order valence-electron chi connectivity index (χ2n) is 10.3. The Labute approximate surface area is 175 Å². The number of esters is 2. The molecule has 0 amide bonds. The smallest absolute Gasteiger partial charge is 0.303 e. The van der Waals surface area contributed by atoms with Crippen LogP contribution < -0.4 is 0 Å². The Bertz CT molecular complexity index is 683. The van der Waals surface area contributed by atoms with Crippen molar-refractivity contribution in [1.29, 1.82) is 0 Å². The predicted octanol–water partition coefficient (Wildman–Crippen LogP) is 4.83. The van der Waals surface area contributed by atoms with Crippen molar-refractivity contribution in [2.75, 3.05) is 0 Å². The van der Waals surface area contributed by atoms with Crippen molar-refractivity contribution in [2.24, 2.45) is 23.7 Å². The van der Waals surface area contributed by atoms with Crippen LogP contribution in [0.2, 0.25) is 0 Å². The first kappa shape index (κ1) is 22.3. The van der Waals surface area contributed by atoms with Crippen molar-refractivity contribution in [3.05, 3.63) is 11.6 Å². The maximum absolute atomic E-state index is 12.0. The maximum atomic E-state index is 12.0. The van der Waals surface area contributed by atoms with E-state index in [9.17, 15) is 9.59 Å². The lowest BCUT2D eigenvalue weighted by molar-refractivity contribution is -0.181. The summed E-state index contributed by atoms with van der Waals surface area (Å²) in [5, 5.41) is 0. The number of carbonyl (C=O) groups is 2. The summed E-state index contributed by atoms with van der Waals surface area (Å²) in [7, 11) is 0. The van der Waals surface area contributed by atoms with Gasteiger partial charge in [0.2, 0.25) is 0 Å². The van der Waals surface area contributed by atoms with Crippen molar-refractivity contribution in [2.45, 2.75) is 104 Å². The zero-order valence-electron chi connectivity index (χ0n) is 19.1. The molecule has 5 heteroatoms. The molecule has 2 bridgehead atoms. The summed E-state index contributed by atoms with van der Waals surface area (Å²) in [6, 6.07) is 0. The van der Waals surface area contributed by atoms with Gasteiger partial charge in [-0.15, -0.1) is 0 Å². The molecule has 0 aromatic carbocycles. The van der Waals surface area contributed by atoms with Crippen LogP contribution in [-0.4, -0.2) is 35.3 Å². The van der Waals surface area contributed by atoms with Crippen LogP contribution in [0.25, 0.3) is 0 Å². The van der Waals surface area contributed by atoms with E-state index in [1.165, 1.54) is 19.4 Å². The quantitative estimate of drug-likeness (QED) is 0.496. The molecule has 3 aliphatic rings. The first-order valence-electron chi connectivity index (χ1n) is 11.2. The highest BCUT2D eigenvalue weighted by atomic mass is 16.6. The molecule has 1 saturated heterocycles. The summed E-state index contributed by atoms with van der Waals surface area (Å²) in [5.41, 5.74) is 0.0442. The van der Waals surface area contributed by atoms with Gasteiger partial charge in [0.15, 0.2) is 0 Å². The Balaban J connectivity index is 2.11. The molecule has 2 aliphatic heterocycles. The van der Waals surface area contributed by atoms with E-state index in [1.54, 1.807) is 0 Å². The summed E-state index contributed by atoms with van der Waals surface area (Å²) in [6.45, 7) is 13.8. The standard InChI is InChI=1S/C24H38O5/c1-14(2)18-10-12-23(6,28-16(4)25)21-19-13-15(3)9-8-11-24(7,29-17(5)26)22(27-19)20(18)21/h9,14,18-22H,8,10-13H2,1-7H3. The molecular weight excluding hydrogens is 368 g/mol. The van der Waals surface area contributed by atoms with Gasteiger partial charge in [-0.25, -0.2) is 0 Å². The van der Waals surface area contributed by atoms with Crippen LogP contribution in [0.1, 0.15) is 80.6 Å². The molecule has 29 heavy (non-hydrogen) atoms. The van der Waals surface area contributed by atoms with Crippen LogP contribution in [-0.2, 0) is 23.8 Å².